The van der Waals surface area contributed by atoms with Crippen molar-refractivity contribution < 1.29 is 0 Å². The van der Waals surface area contributed by atoms with E-state index in [0.717, 1.165) is 23.2 Å². The number of hydrogen-bond acceptors (Lipinski definition) is 2. The summed E-state index contributed by atoms with van der Waals surface area (Å²) < 4.78 is 1.67. The number of nitrogens with zero attached hydrogens (tertiary/aromatic N) is 2. The Balaban J connectivity index is 2.64. The predicted octanol–water partition coefficient (Wildman–Crippen LogP) is 3.54. The molecule has 0 aliphatic rings. The van der Waals surface area contributed by atoms with E-state index < -0.39 is 0 Å². The highest BCUT2D eigenvalue weighted by Crippen LogP contribution is 2.33. The summed E-state index contributed by atoms with van der Waals surface area (Å²) in [6.45, 7) is 2.04. The fraction of sp³-hybridized carbons (Fsp3) is 0.250. The Labute approximate surface area is 110 Å². The minimum atomic E-state index is 0.588. The molecule has 0 bridgehead atoms. The van der Waals surface area contributed by atoms with Gasteiger partial charge in [0.15, 0.2) is 0 Å². The van der Waals surface area contributed by atoms with E-state index in [1.807, 2.05) is 20.0 Å². The standard InChI is InChI=1S/C12H13Cl2N3/c1-3-8-11(16-17(2)12(8)15)9-5-4-7(13)6-10(9)14/h4-6H,3,15H2,1-2H3. The minimum absolute atomic E-state index is 0.588. The first-order valence-corrected chi connectivity index (χ1v) is 6.07. The zero-order chi connectivity index (χ0) is 12.6. The lowest BCUT2D eigenvalue weighted by molar-refractivity contribution is 0.782. The maximum Gasteiger partial charge on any atom is 0.125 e. The Hall–Kier alpha value is -1.19. The largest absolute Gasteiger partial charge is 0.384 e. The monoisotopic (exact) mass is 269 g/mol. The van der Waals surface area contributed by atoms with Crippen LogP contribution >= 0.6 is 23.2 Å². The van der Waals surface area contributed by atoms with Crippen molar-refractivity contribution >= 4 is 29.0 Å². The van der Waals surface area contributed by atoms with Crippen molar-refractivity contribution in [2.75, 3.05) is 5.73 Å². The highest BCUT2D eigenvalue weighted by atomic mass is 35.5. The number of hydrogen-bond donors (Lipinski definition) is 1. The second-order valence-electron chi connectivity index (χ2n) is 3.81. The van der Waals surface area contributed by atoms with Gasteiger partial charge in [-0.1, -0.05) is 30.1 Å². The van der Waals surface area contributed by atoms with Crippen molar-refractivity contribution in [1.29, 1.82) is 0 Å². The maximum atomic E-state index is 6.18. The van der Waals surface area contributed by atoms with E-state index in [-0.39, 0.29) is 0 Å². The molecule has 2 aromatic rings. The summed E-state index contributed by atoms with van der Waals surface area (Å²) in [4.78, 5) is 0. The van der Waals surface area contributed by atoms with E-state index in [1.54, 1.807) is 16.8 Å². The number of nitrogens with two attached hydrogens (primary N) is 1. The van der Waals surface area contributed by atoms with Crippen LogP contribution in [-0.2, 0) is 13.5 Å². The molecule has 2 rings (SSSR count). The molecule has 0 atom stereocenters. The lowest BCUT2D eigenvalue weighted by Gasteiger charge is -2.03. The number of anilines is 1. The summed E-state index contributed by atoms with van der Waals surface area (Å²) in [6.07, 6.45) is 0.813. The number of rotatable bonds is 2. The molecule has 0 unspecified atom stereocenters. The van der Waals surface area contributed by atoms with Crippen LogP contribution in [0, 0.1) is 0 Å². The van der Waals surface area contributed by atoms with Crippen LogP contribution in [0.25, 0.3) is 11.3 Å². The summed E-state index contributed by atoms with van der Waals surface area (Å²) in [5.74, 6) is 0.675. The van der Waals surface area contributed by atoms with Crippen LogP contribution in [0.4, 0.5) is 5.82 Å². The zero-order valence-corrected chi connectivity index (χ0v) is 11.2. The fourth-order valence-corrected chi connectivity index (χ4v) is 2.33. The number of benzene rings is 1. The van der Waals surface area contributed by atoms with Gasteiger partial charge in [-0.15, -0.1) is 0 Å². The van der Waals surface area contributed by atoms with Crippen LogP contribution in [0.1, 0.15) is 12.5 Å². The van der Waals surface area contributed by atoms with Crippen LogP contribution < -0.4 is 5.73 Å². The van der Waals surface area contributed by atoms with E-state index >= 15 is 0 Å². The molecule has 0 spiro atoms. The molecule has 90 valence electrons. The number of halogens is 2. The SMILES string of the molecule is CCc1c(-c2ccc(Cl)cc2Cl)nn(C)c1N. The van der Waals surface area contributed by atoms with E-state index in [4.69, 9.17) is 28.9 Å². The van der Waals surface area contributed by atoms with Crippen LogP contribution in [-0.4, -0.2) is 9.78 Å². The predicted molar refractivity (Wildman–Crippen MR) is 72.5 cm³/mol. The van der Waals surface area contributed by atoms with Crippen LogP contribution in [0.3, 0.4) is 0 Å². The van der Waals surface area contributed by atoms with Crippen molar-refractivity contribution in [2.24, 2.45) is 7.05 Å². The third-order valence-corrected chi connectivity index (χ3v) is 3.28. The first-order valence-electron chi connectivity index (χ1n) is 5.31. The van der Waals surface area contributed by atoms with Gasteiger partial charge in [0.1, 0.15) is 5.82 Å². The van der Waals surface area contributed by atoms with Gasteiger partial charge in [-0.25, -0.2) is 0 Å². The second-order valence-corrected chi connectivity index (χ2v) is 4.66. The van der Waals surface area contributed by atoms with Gasteiger partial charge in [-0.05, 0) is 24.6 Å². The Morgan fingerprint density at radius 1 is 1.35 bits per heavy atom. The van der Waals surface area contributed by atoms with Crippen LogP contribution in [0.2, 0.25) is 10.0 Å². The molecule has 0 aliphatic heterocycles. The van der Waals surface area contributed by atoms with Crippen molar-refractivity contribution in [2.45, 2.75) is 13.3 Å². The third-order valence-electron chi connectivity index (χ3n) is 2.73. The average Bonchev–Trinajstić information content (AvgIpc) is 2.55. The lowest BCUT2D eigenvalue weighted by Crippen LogP contribution is -1.98. The molecular formula is C12H13Cl2N3. The van der Waals surface area contributed by atoms with Crippen molar-refractivity contribution in [1.82, 2.24) is 9.78 Å². The Morgan fingerprint density at radius 2 is 2.06 bits per heavy atom. The molecule has 1 aromatic heterocycles. The van der Waals surface area contributed by atoms with Crippen LogP contribution in [0.5, 0.6) is 0 Å². The highest BCUT2D eigenvalue weighted by molar-refractivity contribution is 6.36. The molecule has 0 saturated carbocycles. The van der Waals surface area contributed by atoms with Gasteiger partial charge < -0.3 is 5.73 Å². The van der Waals surface area contributed by atoms with E-state index in [0.29, 0.717) is 15.9 Å². The first-order chi connectivity index (χ1) is 8.04. The molecular weight excluding hydrogens is 257 g/mol. The summed E-state index contributed by atoms with van der Waals surface area (Å²) >= 11 is 12.1. The third kappa shape index (κ3) is 2.13. The molecule has 3 nitrogen and oxygen atoms in total. The molecule has 0 saturated heterocycles. The summed E-state index contributed by atoms with van der Waals surface area (Å²) in [5, 5.41) is 5.61. The smallest absolute Gasteiger partial charge is 0.125 e. The van der Waals surface area contributed by atoms with Crippen molar-refractivity contribution in [3.63, 3.8) is 0 Å². The molecule has 17 heavy (non-hydrogen) atoms. The molecule has 2 N–H and O–H groups in total. The molecule has 5 heteroatoms. The summed E-state index contributed by atoms with van der Waals surface area (Å²) in [7, 11) is 1.82. The zero-order valence-electron chi connectivity index (χ0n) is 9.67. The Kier molecular flexibility index (Phi) is 3.31. The number of aryl methyl sites for hydroxylation is 1. The normalized spacial score (nSPS) is 10.8. The van der Waals surface area contributed by atoms with Gasteiger partial charge in [0.2, 0.25) is 0 Å². The number of aromatic nitrogens is 2. The molecule has 0 radical (unpaired) electrons. The van der Waals surface area contributed by atoms with Crippen LogP contribution in [0.15, 0.2) is 18.2 Å². The van der Waals surface area contributed by atoms with Gasteiger partial charge >= 0.3 is 0 Å². The maximum absolute atomic E-state index is 6.18. The molecule has 0 fully saturated rings. The molecule has 1 aromatic carbocycles. The fourth-order valence-electron chi connectivity index (χ4n) is 1.83. The van der Waals surface area contributed by atoms with Gasteiger partial charge in [-0.2, -0.15) is 5.10 Å². The van der Waals surface area contributed by atoms with Crippen molar-refractivity contribution in [3.8, 4) is 11.3 Å². The average molecular weight is 270 g/mol. The summed E-state index contributed by atoms with van der Waals surface area (Å²) in [6, 6.07) is 5.38. The molecule has 0 aliphatic carbocycles. The van der Waals surface area contributed by atoms with Gasteiger partial charge in [0.25, 0.3) is 0 Å². The minimum Gasteiger partial charge on any atom is -0.384 e. The van der Waals surface area contributed by atoms with Gasteiger partial charge in [0, 0.05) is 23.2 Å². The highest BCUT2D eigenvalue weighted by Gasteiger charge is 2.16. The first kappa shape index (κ1) is 12.3. The van der Waals surface area contributed by atoms with Crippen molar-refractivity contribution in [3.05, 3.63) is 33.8 Å². The molecule has 1 heterocycles. The van der Waals surface area contributed by atoms with Gasteiger partial charge in [-0.3, -0.25) is 4.68 Å². The Morgan fingerprint density at radius 3 is 2.65 bits per heavy atom. The van der Waals surface area contributed by atoms with E-state index in [2.05, 4.69) is 5.10 Å². The Bertz CT molecular complexity index is 561. The van der Waals surface area contributed by atoms with E-state index in [1.165, 1.54) is 0 Å². The topological polar surface area (TPSA) is 43.8 Å². The second kappa shape index (κ2) is 4.59. The lowest BCUT2D eigenvalue weighted by atomic mass is 10.1. The molecule has 0 amide bonds. The summed E-state index contributed by atoms with van der Waals surface area (Å²) in [5.41, 5.74) is 8.66. The van der Waals surface area contributed by atoms with E-state index in [9.17, 15) is 0 Å². The van der Waals surface area contributed by atoms with Gasteiger partial charge in [0.05, 0.1) is 10.7 Å². The quantitative estimate of drug-likeness (QED) is 0.907. The number of nitrogen functional groups attached to an aromatic ring is 1.